The molecule has 0 bridgehead atoms. The van der Waals surface area contributed by atoms with Crippen molar-refractivity contribution in [3.05, 3.63) is 96.7 Å². The normalized spacial score (nSPS) is 14.5. The number of benzene rings is 3. The van der Waals surface area contributed by atoms with E-state index in [1.807, 2.05) is 72.8 Å². The fourth-order valence-electron chi connectivity index (χ4n) is 4.59. The summed E-state index contributed by atoms with van der Waals surface area (Å²) in [5.41, 5.74) is 11.0. The third-order valence-corrected chi connectivity index (χ3v) is 6.58. The van der Waals surface area contributed by atoms with E-state index in [2.05, 4.69) is 37.6 Å². The summed E-state index contributed by atoms with van der Waals surface area (Å²) in [7, 11) is 0. The van der Waals surface area contributed by atoms with Crippen LogP contribution in [0.2, 0.25) is 0 Å². The standard InChI is InChI=1S/C30H32N6O2/c31-24-7-4-8-26(21-24)34-30-32-16-15-27(35-30)23-10-12-25(13-11-23)33-29(37)28(36-17-19-38-20-18-36)14-9-22-5-2-1-3-6-22/h1-8,10-13,15-16,21,28H,9,14,17-20,31H2,(H,33,37)(H,32,34,35). The molecule has 0 radical (unpaired) electrons. The largest absolute Gasteiger partial charge is 0.399 e. The minimum absolute atomic E-state index is 0.00578. The first-order valence-electron chi connectivity index (χ1n) is 12.9. The molecule has 1 aliphatic rings. The van der Waals surface area contributed by atoms with Gasteiger partial charge in [-0.3, -0.25) is 9.69 Å². The molecule has 4 N–H and O–H groups in total. The first-order valence-corrected chi connectivity index (χ1v) is 12.9. The summed E-state index contributed by atoms with van der Waals surface area (Å²) in [5, 5.41) is 6.31. The molecule has 2 heterocycles. The van der Waals surface area contributed by atoms with Crippen molar-refractivity contribution in [1.82, 2.24) is 14.9 Å². The van der Waals surface area contributed by atoms with Crippen molar-refractivity contribution in [2.24, 2.45) is 0 Å². The Hall–Kier alpha value is -4.27. The Bertz CT molecular complexity index is 1340. The van der Waals surface area contributed by atoms with Gasteiger partial charge in [-0.1, -0.05) is 48.5 Å². The molecule has 1 amide bonds. The lowest BCUT2D eigenvalue weighted by molar-refractivity contribution is -0.123. The lowest BCUT2D eigenvalue weighted by Gasteiger charge is -2.33. The van der Waals surface area contributed by atoms with Gasteiger partial charge in [0.15, 0.2) is 0 Å². The van der Waals surface area contributed by atoms with Crippen LogP contribution in [0.25, 0.3) is 11.3 Å². The number of carbonyl (C=O) groups excluding carboxylic acids is 1. The molecule has 4 aromatic rings. The zero-order valence-corrected chi connectivity index (χ0v) is 21.2. The van der Waals surface area contributed by atoms with Crippen LogP contribution in [0.5, 0.6) is 0 Å². The van der Waals surface area contributed by atoms with Gasteiger partial charge in [0, 0.05) is 41.9 Å². The number of amides is 1. The first-order chi connectivity index (χ1) is 18.6. The van der Waals surface area contributed by atoms with E-state index in [1.165, 1.54) is 5.56 Å². The molecule has 1 aliphatic heterocycles. The van der Waals surface area contributed by atoms with Gasteiger partial charge < -0.3 is 21.1 Å². The minimum atomic E-state index is -0.221. The number of nitrogen functional groups attached to an aromatic ring is 1. The summed E-state index contributed by atoms with van der Waals surface area (Å²) in [6, 6.07) is 27.1. The number of hydrogen-bond acceptors (Lipinski definition) is 7. The van der Waals surface area contributed by atoms with Gasteiger partial charge >= 0.3 is 0 Å². The SMILES string of the molecule is Nc1cccc(Nc2nccc(-c3ccc(NC(=O)C(CCc4ccccc4)N4CCOCC4)cc3)n2)c1. The van der Waals surface area contributed by atoms with Crippen molar-refractivity contribution in [1.29, 1.82) is 0 Å². The van der Waals surface area contributed by atoms with Gasteiger partial charge in [0.2, 0.25) is 11.9 Å². The number of aryl methyl sites for hydroxylation is 1. The van der Waals surface area contributed by atoms with Gasteiger partial charge in [-0.2, -0.15) is 0 Å². The third-order valence-electron chi connectivity index (χ3n) is 6.58. The van der Waals surface area contributed by atoms with Gasteiger partial charge in [0.05, 0.1) is 24.9 Å². The van der Waals surface area contributed by atoms with Crippen LogP contribution < -0.4 is 16.4 Å². The lowest BCUT2D eigenvalue weighted by Crippen LogP contribution is -2.49. The summed E-state index contributed by atoms with van der Waals surface area (Å²) in [5.74, 6) is 0.489. The maximum absolute atomic E-state index is 13.4. The molecule has 38 heavy (non-hydrogen) atoms. The van der Waals surface area contributed by atoms with Crippen molar-refractivity contribution in [2.45, 2.75) is 18.9 Å². The molecule has 5 rings (SSSR count). The molecule has 1 unspecified atom stereocenters. The number of nitrogens with zero attached hydrogens (tertiary/aromatic N) is 3. The molecular weight excluding hydrogens is 476 g/mol. The molecule has 3 aromatic carbocycles. The second-order valence-electron chi connectivity index (χ2n) is 9.27. The Kier molecular flexibility index (Phi) is 8.23. The molecule has 0 spiro atoms. The van der Waals surface area contributed by atoms with Crippen LogP contribution >= 0.6 is 0 Å². The minimum Gasteiger partial charge on any atom is -0.399 e. The third kappa shape index (κ3) is 6.73. The van der Waals surface area contributed by atoms with Crippen LogP contribution in [0.3, 0.4) is 0 Å². The van der Waals surface area contributed by atoms with Crippen molar-refractivity contribution in [2.75, 3.05) is 42.7 Å². The number of anilines is 4. The highest BCUT2D eigenvalue weighted by molar-refractivity contribution is 5.95. The number of hydrogen-bond donors (Lipinski definition) is 3. The summed E-state index contributed by atoms with van der Waals surface area (Å²) in [4.78, 5) is 24.6. The highest BCUT2D eigenvalue weighted by Crippen LogP contribution is 2.23. The monoisotopic (exact) mass is 508 g/mol. The number of morpholine rings is 1. The Morgan fingerprint density at radius 2 is 1.74 bits per heavy atom. The summed E-state index contributed by atoms with van der Waals surface area (Å²) in [6.07, 6.45) is 3.30. The van der Waals surface area contributed by atoms with E-state index in [4.69, 9.17) is 10.5 Å². The molecule has 8 heteroatoms. The molecule has 0 aliphatic carbocycles. The number of nitrogens with one attached hydrogen (secondary N) is 2. The molecule has 1 saturated heterocycles. The summed E-state index contributed by atoms with van der Waals surface area (Å²) in [6.45, 7) is 2.81. The zero-order valence-electron chi connectivity index (χ0n) is 21.2. The van der Waals surface area contributed by atoms with Gasteiger partial charge in [-0.25, -0.2) is 9.97 Å². The van der Waals surface area contributed by atoms with Crippen LogP contribution in [0.4, 0.5) is 23.0 Å². The predicted octanol–water partition coefficient (Wildman–Crippen LogP) is 4.74. The first kappa shape index (κ1) is 25.4. The van der Waals surface area contributed by atoms with Crippen LogP contribution in [0.15, 0.2) is 91.1 Å². The average Bonchev–Trinajstić information content (AvgIpc) is 2.95. The van der Waals surface area contributed by atoms with Crippen LogP contribution in [0, 0.1) is 0 Å². The molecule has 8 nitrogen and oxygen atoms in total. The number of rotatable bonds is 9. The molecule has 0 saturated carbocycles. The van der Waals surface area contributed by atoms with Crippen molar-refractivity contribution in [3.8, 4) is 11.3 Å². The Balaban J connectivity index is 1.25. The maximum Gasteiger partial charge on any atom is 0.241 e. The van der Waals surface area contributed by atoms with E-state index in [9.17, 15) is 4.79 Å². The van der Waals surface area contributed by atoms with Crippen LogP contribution in [-0.4, -0.2) is 53.1 Å². The second kappa shape index (κ2) is 12.3. The molecule has 1 atom stereocenters. The number of aromatic nitrogens is 2. The zero-order chi connectivity index (χ0) is 26.2. The smallest absolute Gasteiger partial charge is 0.241 e. The van der Waals surface area contributed by atoms with Gasteiger partial charge in [0.1, 0.15) is 0 Å². The summed E-state index contributed by atoms with van der Waals surface area (Å²) >= 11 is 0. The molecule has 1 aromatic heterocycles. The van der Waals surface area contributed by atoms with Crippen LogP contribution in [0.1, 0.15) is 12.0 Å². The predicted molar refractivity (Wildman–Crippen MR) is 151 cm³/mol. The van der Waals surface area contributed by atoms with E-state index in [1.54, 1.807) is 6.20 Å². The van der Waals surface area contributed by atoms with Crippen molar-refractivity contribution < 1.29 is 9.53 Å². The summed E-state index contributed by atoms with van der Waals surface area (Å²) < 4.78 is 5.52. The Morgan fingerprint density at radius 3 is 2.50 bits per heavy atom. The van der Waals surface area contributed by atoms with Gasteiger partial charge in [-0.05, 0) is 54.8 Å². The van der Waals surface area contributed by atoms with E-state index in [0.717, 1.165) is 48.6 Å². The van der Waals surface area contributed by atoms with Gasteiger partial charge in [-0.15, -0.1) is 0 Å². The van der Waals surface area contributed by atoms with E-state index >= 15 is 0 Å². The maximum atomic E-state index is 13.4. The highest BCUT2D eigenvalue weighted by Gasteiger charge is 2.27. The Labute approximate surface area is 222 Å². The van der Waals surface area contributed by atoms with E-state index in [-0.39, 0.29) is 11.9 Å². The second-order valence-corrected chi connectivity index (χ2v) is 9.27. The van der Waals surface area contributed by atoms with E-state index < -0.39 is 0 Å². The van der Waals surface area contributed by atoms with Crippen molar-refractivity contribution >= 4 is 28.9 Å². The number of nitrogens with two attached hydrogens (primary N) is 1. The average molecular weight is 509 g/mol. The van der Waals surface area contributed by atoms with E-state index in [0.29, 0.717) is 24.8 Å². The topological polar surface area (TPSA) is 105 Å². The highest BCUT2D eigenvalue weighted by atomic mass is 16.5. The fraction of sp³-hybridized carbons (Fsp3) is 0.233. The number of carbonyl (C=O) groups is 1. The fourth-order valence-corrected chi connectivity index (χ4v) is 4.59. The van der Waals surface area contributed by atoms with Crippen molar-refractivity contribution in [3.63, 3.8) is 0 Å². The quantitative estimate of drug-likeness (QED) is 0.280. The molecule has 194 valence electrons. The Morgan fingerprint density at radius 1 is 0.947 bits per heavy atom. The lowest BCUT2D eigenvalue weighted by atomic mass is 10.0. The molecule has 1 fully saturated rings. The van der Waals surface area contributed by atoms with Gasteiger partial charge in [0.25, 0.3) is 0 Å². The van der Waals surface area contributed by atoms with Crippen LogP contribution in [-0.2, 0) is 16.0 Å². The number of ether oxygens (including phenoxy) is 1. The molecular formula is C30H32N6O2.